The maximum atomic E-state index is 5.67. The van der Waals surface area contributed by atoms with Crippen molar-refractivity contribution < 1.29 is 0 Å². The van der Waals surface area contributed by atoms with E-state index in [1.165, 1.54) is 0 Å². The first-order valence-corrected chi connectivity index (χ1v) is 5.71. The first-order chi connectivity index (χ1) is 7.50. The standard InChI is InChI=1S/C12H19N3S/c1-9(8-15(2)3)14-11-7-5-4-6-10(11)12(13)16/h4-7,9,14H,8H2,1-3H3,(H2,13,16). The van der Waals surface area contributed by atoms with Crippen LogP contribution in [0.25, 0.3) is 0 Å². The minimum absolute atomic E-state index is 0.352. The topological polar surface area (TPSA) is 41.3 Å². The lowest BCUT2D eigenvalue weighted by molar-refractivity contribution is 0.392. The van der Waals surface area contributed by atoms with Gasteiger partial charge >= 0.3 is 0 Å². The van der Waals surface area contributed by atoms with Gasteiger partial charge in [-0.25, -0.2) is 0 Å². The van der Waals surface area contributed by atoms with Gasteiger partial charge in [0.25, 0.3) is 0 Å². The molecule has 1 unspecified atom stereocenters. The van der Waals surface area contributed by atoms with E-state index < -0.39 is 0 Å². The van der Waals surface area contributed by atoms with Gasteiger partial charge in [-0.05, 0) is 33.2 Å². The van der Waals surface area contributed by atoms with Crippen molar-refractivity contribution in [1.29, 1.82) is 0 Å². The Kier molecular flexibility index (Phi) is 4.71. The van der Waals surface area contributed by atoms with Crippen LogP contribution in [0.3, 0.4) is 0 Å². The van der Waals surface area contributed by atoms with E-state index >= 15 is 0 Å². The Hall–Kier alpha value is -1.13. The lowest BCUT2D eigenvalue weighted by Gasteiger charge is -2.20. The second-order valence-corrected chi connectivity index (χ2v) is 4.66. The van der Waals surface area contributed by atoms with Crippen LogP contribution in [0.4, 0.5) is 5.69 Å². The summed E-state index contributed by atoms with van der Waals surface area (Å²) in [5.74, 6) is 0. The summed E-state index contributed by atoms with van der Waals surface area (Å²) in [4.78, 5) is 2.57. The van der Waals surface area contributed by atoms with Crippen LogP contribution in [0.1, 0.15) is 12.5 Å². The number of thiocarbonyl (C=S) groups is 1. The van der Waals surface area contributed by atoms with Gasteiger partial charge in [0, 0.05) is 23.8 Å². The summed E-state index contributed by atoms with van der Waals surface area (Å²) in [7, 11) is 4.11. The highest BCUT2D eigenvalue weighted by Crippen LogP contribution is 2.15. The molecular weight excluding hydrogens is 218 g/mol. The highest BCUT2D eigenvalue weighted by Gasteiger charge is 2.08. The van der Waals surface area contributed by atoms with E-state index in [2.05, 4.69) is 31.2 Å². The van der Waals surface area contributed by atoms with Crippen molar-refractivity contribution in [2.24, 2.45) is 5.73 Å². The quantitative estimate of drug-likeness (QED) is 0.765. The molecule has 0 aliphatic rings. The second kappa shape index (κ2) is 5.82. The Bertz CT molecular complexity index is 363. The molecule has 0 aliphatic carbocycles. The molecule has 0 radical (unpaired) electrons. The van der Waals surface area contributed by atoms with Gasteiger partial charge in [0.15, 0.2) is 0 Å². The molecular formula is C12H19N3S. The molecule has 0 aromatic heterocycles. The number of rotatable bonds is 5. The third-order valence-corrected chi connectivity index (χ3v) is 2.45. The molecule has 3 N–H and O–H groups in total. The minimum atomic E-state index is 0.352. The molecule has 0 bridgehead atoms. The van der Waals surface area contributed by atoms with Gasteiger partial charge in [-0.3, -0.25) is 0 Å². The predicted molar refractivity (Wildman–Crippen MR) is 74.0 cm³/mol. The van der Waals surface area contributed by atoms with Crippen LogP contribution in [0.2, 0.25) is 0 Å². The Balaban J connectivity index is 2.76. The zero-order chi connectivity index (χ0) is 12.1. The van der Waals surface area contributed by atoms with Crippen LogP contribution in [-0.2, 0) is 0 Å². The van der Waals surface area contributed by atoms with E-state index in [9.17, 15) is 0 Å². The van der Waals surface area contributed by atoms with Crippen molar-refractivity contribution in [1.82, 2.24) is 4.90 Å². The molecule has 1 aromatic rings. The van der Waals surface area contributed by atoms with Gasteiger partial charge in [-0.15, -0.1) is 0 Å². The van der Waals surface area contributed by atoms with Crippen LogP contribution in [0, 0.1) is 0 Å². The van der Waals surface area contributed by atoms with Crippen LogP contribution < -0.4 is 11.1 Å². The Labute approximate surface area is 103 Å². The fraction of sp³-hybridized carbons (Fsp3) is 0.417. The summed E-state index contributed by atoms with van der Waals surface area (Å²) < 4.78 is 0. The number of para-hydroxylation sites is 1. The van der Waals surface area contributed by atoms with Crippen LogP contribution in [0.15, 0.2) is 24.3 Å². The zero-order valence-electron chi connectivity index (χ0n) is 10.0. The summed E-state index contributed by atoms with van der Waals surface area (Å²) in [5, 5.41) is 3.41. The molecule has 0 fully saturated rings. The summed E-state index contributed by atoms with van der Waals surface area (Å²) in [6.07, 6.45) is 0. The van der Waals surface area contributed by atoms with Gasteiger partial charge < -0.3 is 16.0 Å². The number of nitrogens with two attached hydrogens (primary N) is 1. The van der Waals surface area contributed by atoms with E-state index in [4.69, 9.17) is 18.0 Å². The maximum absolute atomic E-state index is 5.67. The highest BCUT2D eigenvalue weighted by atomic mass is 32.1. The van der Waals surface area contributed by atoms with Crippen LogP contribution >= 0.6 is 12.2 Å². The number of likely N-dealkylation sites (N-methyl/N-ethyl adjacent to an activating group) is 1. The van der Waals surface area contributed by atoms with Crippen LogP contribution in [0.5, 0.6) is 0 Å². The summed E-state index contributed by atoms with van der Waals surface area (Å²) in [6, 6.07) is 8.21. The maximum Gasteiger partial charge on any atom is 0.106 e. The van der Waals surface area contributed by atoms with Crippen molar-refractivity contribution in [3.8, 4) is 0 Å². The van der Waals surface area contributed by atoms with E-state index in [0.717, 1.165) is 17.8 Å². The fourth-order valence-corrected chi connectivity index (χ4v) is 1.86. The highest BCUT2D eigenvalue weighted by molar-refractivity contribution is 7.80. The largest absolute Gasteiger partial charge is 0.389 e. The number of nitrogens with one attached hydrogen (secondary N) is 1. The van der Waals surface area contributed by atoms with Crippen molar-refractivity contribution in [3.63, 3.8) is 0 Å². The third-order valence-electron chi connectivity index (χ3n) is 2.23. The Morgan fingerprint density at radius 2 is 2.06 bits per heavy atom. The SMILES string of the molecule is CC(CN(C)C)Nc1ccccc1C(N)=S. The molecule has 88 valence electrons. The average molecular weight is 237 g/mol. The van der Waals surface area contributed by atoms with Crippen molar-refractivity contribution in [2.45, 2.75) is 13.0 Å². The smallest absolute Gasteiger partial charge is 0.106 e. The Morgan fingerprint density at radius 1 is 1.44 bits per heavy atom. The molecule has 1 aromatic carbocycles. The zero-order valence-corrected chi connectivity index (χ0v) is 10.8. The average Bonchev–Trinajstić information content (AvgIpc) is 2.16. The van der Waals surface area contributed by atoms with Crippen molar-refractivity contribution in [3.05, 3.63) is 29.8 Å². The van der Waals surface area contributed by atoms with Gasteiger partial charge in [-0.2, -0.15) is 0 Å². The molecule has 1 rings (SSSR count). The third kappa shape index (κ3) is 3.79. The number of anilines is 1. The number of benzene rings is 1. The summed E-state index contributed by atoms with van der Waals surface area (Å²) in [6.45, 7) is 3.10. The van der Waals surface area contributed by atoms with Gasteiger partial charge in [0.2, 0.25) is 0 Å². The predicted octanol–water partition coefficient (Wildman–Crippen LogP) is 1.68. The summed E-state index contributed by atoms with van der Waals surface area (Å²) in [5.41, 5.74) is 7.58. The molecule has 0 saturated heterocycles. The molecule has 0 heterocycles. The number of nitrogens with zero attached hydrogens (tertiary/aromatic N) is 1. The van der Waals surface area contributed by atoms with Crippen molar-refractivity contribution >= 4 is 22.9 Å². The van der Waals surface area contributed by atoms with E-state index in [1.54, 1.807) is 0 Å². The molecule has 0 saturated carbocycles. The minimum Gasteiger partial charge on any atom is -0.389 e. The first kappa shape index (κ1) is 12.9. The Morgan fingerprint density at radius 3 is 2.62 bits per heavy atom. The summed E-state index contributed by atoms with van der Waals surface area (Å²) >= 11 is 5.02. The second-order valence-electron chi connectivity index (χ2n) is 4.22. The molecule has 3 nitrogen and oxygen atoms in total. The van der Waals surface area contributed by atoms with E-state index in [-0.39, 0.29) is 0 Å². The number of hydrogen-bond donors (Lipinski definition) is 2. The van der Waals surface area contributed by atoms with Crippen LogP contribution in [-0.4, -0.2) is 36.6 Å². The molecule has 4 heteroatoms. The van der Waals surface area contributed by atoms with Gasteiger partial charge in [0.1, 0.15) is 4.99 Å². The van der Waals surface area contributed by atoms with E-state index in [1.807, 2.05) is 24.3 Å². The molecule has 0 amide bonds. The molecule has 0 spiro atoms. The molecule has 16 heavy (non-hydrogen) atoms. The van der Waals surface area contributed by atoms with E-state index in [0.29, 0.717) is 11.0 Å². The lowest BCUT2D eigenvalue weighted by Crippen LogP contribution is -2.30. The fourth-order valence-electron chi connectivity index (χ4n) is 1.68. The molecule has 1 atom stereocenters. The van der Waals surface area contributed by atoms with Crippen molar-refractivity contribution in [2.75, 3.05) is 26.0 Å². The molecule has 0 aliphatic heterocycles. The lowest BCUT2D eigenvalue weighted by atomic mass is 10.1. The normalized spacial score (nSPS) is 12.5. The van der Waals surface area contributed by atoms with Gasteiger partial charge in [-0.1, -0.05) is 24.4 Å². The number of hydrogen-bond acceptors (Lipinski definition) is 3. The van der Waals surface area contributed by atoms with Gasteiger partial charge in [0.05, 0.1) is 0 Å². The monoisotopic (exact) mass is 237 g/mol. The first-order valence-electron chi connectivity index (χ1n) is 5.31.